The summed E-state index contributed by atoms with van der Waals surface area (Å²) in [6.45, 7) is 8.26. The summed E-state index contributed by atoms with van der Waals surface area (Å²) >= 11 is 0. The van der Waals surface area contributed by atoms with Crippen LogP contribution in [0.3, 0.4) is 0 Å². The fraction of sp³-hybridized carbons (Fsp3) is 0.667. The second-order valence-corrected chi connectivity index (χ2v) is 6.02. The molecule has 0 bridgehead atoms. The van der Waals surface area contributed by atoms with E-state index in [2.05, 4.69) is 11.9 Å². The Hall–Kier alpha value is -1.89. The summed E-state index contributed by atoms with van der Waals surface area (Å²) in [5.74, 6) is 0.813. The number of nitrogens with zero attached hydrogens (tertiary/aromatic N) is 4. The molecule has 2 N–H and O–H groups in total. The number of fused-ring (bicyclic) bond motifs is 1. The van der Waals surface area contributed by atoms with E-state index in [0.717, 1.165) is 23.2 Å². The van der Waals surface area contributed by atoms with Gasteiger partial charge >= 0.3 is 5.69 Å². The van der Waals surface area contributed by atoms with Crippen LogP contribution < -0.4 is 17.0 Å². The average molecular weight is 307 g/mol. The number of aryl methyl sites for hydroxylation is 1. The van der Waals surface area contributed by atoms with Gasteiger partial charge in [0.1, 0.15) is 5.82 Å². The molecule has 0 radical (unpaired) electrons. The molecule has 0 saturated heterocycles. The molecule has 7 heteroatoms. The number of imidazole rings is 1. The Morgan fingerprint density at radius 1 is 1.18 bits per heavy atom. The molecule has 0 amide bonds. The molecule has 2 heterocycles. The van der Waals surface area contributed by atoms with E-state index >= 15 is 0 Å². The van der Waals surface area contributed by atoms with Gasteiger partial charge in [0.05, 0.1) is 0 Å². The van der Waals surface area contributed by atoms with Crippen molar-refractivity contribution >= 4 is 11.2 Å². The third-order valence-corrected chi connectivity index (χ3v) is 3.97. The highest BCUT2D eigenvalue weighted by atomic mass is 16.2. The molecular weight excluding hydrogens is 282 g/mol. The van der Waals surface area contributed by atoms with Crippen molar-refractivity contribution in [1.82, 2.24) is 18.7 Å². The molecule has 122 valence electrons. The first kappa shape index (κ1) is 16.5. The fourth-order valence-corrected chi connectivity index (χ4v) is 2.78. The van der Waals surface area contributed by atoms with Crippen LogP contribution >= 0.6 is 0 Å². The molecule has 7 nitrogen and oxygen atoms in total. The topological polar surface area (TPSA) is 87.8 Å². The minimum absolute atomic E-state index is 0.0441. The molecule has 0 aliphatic rings. The lowest BCUT2D eigenvalue weighted by Crippen LogP contribution is -2.39. The van der Waals surface area contributed by atoms with E-state index in [1.165, 1.54) is 7.05 Å². The van der Waals surface area contributed by atoms with E-state index in [1.54, 1.807) is 4.57 Å². The van der Waals surface area contributed by atoms with E-state index in [0.29, 0.717) is 17.7 Å². The molecule has 2 aromatic rings. The van der Waals surface area contributed by atoms with Crippen LogP contribution in [-0.2, 0) is 13.5 Å². The first-order chi connectivity index (χ1) is 10.3. The first-order valence-corrected chi connectivity index (χ1v) is 7.77. The van der Waals surface area contributed by atoms with Crippen molar-refractivity contribution in [2.24, 2.45) is 12.8 Å². The standard InChI is InChI=1S/C15H25N5O2/c1-6-7-11-17-13-12(20(11)10(4)8-16)14(21)18(5)15(22)19(13)9(2)3/h9-10H,6-8,16H2,1-5H3. The average Bonchev–Trinajstić information content (AvgIpc) is 2.83. The Balaban J connectivity index is 3.02. The van der Waals surface area contributed by atoms with Crippen molar-refractivity contribution in [1.29, 1.82) is 0 Å². The largest absolute Gasteiger partial charge is 0.332 e. The van der Waals surface area contributed by atoms with Gasteiger partial charge in [-0.05, 0) is 27.2 Å². The molecule has 1 unspecified atom stereocenters. The minimum Gasteiger partial charge on any atom is -0.328 e. The monoisotopic (exact) mass is 307 g/mol. The van der Waals surface area contributed by atoms with Crippen molar-refractivity contribution in [3.8, 4) is 0 Å². The SMILES string of the molecule is CCCc1nc2c(c(=O)n(C)c(=O)n2C(C)C)n1C(C)CN. The third kappa shape index (κ3) is 2.39. The van der Waals surface area contributed by atoms with Gasteiger partial charge in [0.15, 0.2) is 11.2 Å². The van der Waals surface area contributed by atoms with Crippen molar-refractivity contribution < 1.29 is 0 Å². The van der Waals surface area contributed by atoms with Crippen LogP contribution in [0.5, 0.6) is 0 Å². The maximum Gasteiger partial charge on any atom is 0.332 e. The van der Waals surface area contributed by atoms with Gasteiger partial charge in [0, 0.05) is 32.1 Å². The van der Waals surface area contributed by atoms with Gasteiger partial charge < -0.3 is 10.3 Å². The van der Waals surface area contributed by atoms with Gasteiger partial charge in [-0.15, -0.1) is 0 Å². The van der Waals surface area contributed by atoms with Gasteiger partial charge in [0.2, 0.25) is 0 Å². The number of hydrogen-bond donors (Lipinski definition) is 1. The Bertz CT molecular complexity index is 797. The molecule has 1 atom stereocenters. The number of rotatable bonds is 5. The Labute approximate surface area is 129 Å². The smallest absolute Gasteiger partial charge is 0.328 e. The maximum absolute atomic E-state index is 12.6. The summed E-state index contributed by atoms with van der Waals surface area (Å²) in [5, 5.41) is 0. The summed E-state index contributed by atoms with van der Waals surface area (Å²) in [6.07, 6.45) is 1.65. The Morgan fingerprint density at radius 3 is 2.32 bits per heavy atom. The predicted molar refractivity (Wildman–Crippen MR) is 87.4 cm³/mol. The zero-order chi connectivity index (χ0) is 16.6. The number of hydrogen-bond acceptors (Lipinski definition) is 4. The van der Waals surface area contributed by atoms with Crippen LogP contribution in [0.4, 0.5) is 0 Å². The lowest BCUT2D eigenvalue weighted by atomic mass is 10.2. The second kappa shape index (κ2) is 6.08. The summed E-state index contributed by atoms with van der Waals surface area (Å²) in [6, 6.07) is -0.120. The number of aromatic nitrogens is 4. The first-order valence-electron chi connectivity index (χ1n) is 7.77. The highest BCUT2D eigenvalue weighted by molar-refractivity contribution is 5.71. The molecule has 22 heavy (non-hydrogen) atoms. The molecule has 0 spiro atoms. The minimum atomic E-state index is -0.333. The summed E-state index contributed by atoms with van der Waals surface area (Å²) < 4.78 is 4.63. The van der Waals surface area contributed by atoms with Gasteiger partial charge in [0.25, 0.3) is 5.56 Å². The van der Waals surface area contributed by atoms with Crippen LogP contribution in [0.1, 0.15) is 52.0 Å². The second-order valence-electron chi connectivity index (χ2n) is 6.02. The van der Waals surface area contributed by atoms with Crippen molar-refractivity contribution in [3.05, 3.63) is 26.7 Å². The molecule has 0 aromatic carbocycles. The summed E-state index contributed by atoms with van der Waals surface area (Å²) in [7, 11) is 1.51. The molecule has 2 rings (SSSR count). The van der Waals surface area contributed by atoms with Crippen LogP contribution in [-0.4, -0.2) is 25.2 Å². The van der Waals surface area contributed by atoms with Gasteiger partial charge in [-0.2, -0.15) is 0 Å². The van der Waals surface area contributed by atoms with Crippen LogP contribution in [0.25, 0.3) is 11.2 Å². The van der Waals surface area contributed by atoms with E-state index in [4.69, 9.17) is 5.73 Å². The zero-order valence-corrected chi connectivity index (χ0v) is 14.0. The van der Waals surface area contributed by atoms with Crippen molar-refractivity contribution in [2.45, 2.75) is 52.6 Å². The highest BCUT2D eigenvalue weighted by Gasteiger charge is 2.23. The normalized spacial score (nSPS) is 13.2. The molecule has 0 saturated carbocycles. The van der Waals surface area contributed by atoms with E-state index < -0.39 is 0 Å². The molecule has 0 aliphatic heterocycles. The van der Waals surface area contributed by atoms with E-state index in [-0.39, 0.29) is 23.3 Å². The van der Waals surface area contributed by atoms with E-state index in [9.17, 15) is 9.59 Å². The van der Waals surface area contributed by atoms with Crippen LogP contribution in [0.2, 0.25) is 0 Å². The van der Waals surface area contributed by atoms with Crippen LogP contribution in [0.15, 0.2) is 9.59 Å². The van der Waals surface area contributed by atoms with Crippen molar-refractivity contribution in [2.75, 3.05) is 6.54 Å². The third-order valence-electron chi connectivity index (χ3n) is 3.97. The van der Waals surface area contributed by atoms with Gasteiger partial charge in [-0.1, -0.05) is 6.92 Å². The molecular formula is C15H25N5O2. The van der Waals surface area contributed by atoms with Crippen LogP contribution in [0, 0.1) is 0 Å². The number of nitrogens with two attached hydrogens (primary N) is 1. The lowest BCUT2D eigenvalue weighted by molar-refractivity contribution is 0.536. The quantitative estimate of drug-likeness (QED) is 0.891. The molecule has 0 fully saturated rings. The maximum atomic E-state index is 12.6. The van der Waals surface area contributed by atoms with Gasteiger partial charge in [-0.25, -0.2) is 9.78 Å². The fourth-order valence-electron chi connectivity index (χ4n) is 2.78. The summed E-state index contributed by atoms with van der Waals surface area (Å²) in [5.41, 5.74) is 6.10. The Kier molecular flexibility index (Phi) is 4.55. The van der Waals surface area contributed by atoms with E-state index in [1.807, 2.05) is 25.3 Å². The highest BCUT2D eigenvalue weighted by Crippen LogP contribution is 2.20. The van der Waals surface area contributed by atoms with Crippen molar-refractivity contribution in [3.63, 3.8) is 0 Å². The molecule has 0 aliphatic carbocycles. The van der Waals surface area contributed by atoms with Gasteiger partial charge in [-0.3, -0.25) is 13.9 Å². The lowest BCUT2D eigenvalue weighted by Gasteiger charge is -2.16. The predicted octanol–water partition coefficient (Wildman–Crippen LogP) is 0.950. The molecule has 2 aromatic heterocycles. The zero-order valence-electron chi connectivity index (χ0n) is 14.0. The Morgan fingerprint density at radius 2 is 1.82 bits per heavy atom. The summed E-state index contributed by atoms with van der Waals surface area (Å²) in [4.78, 5) is 29.7.